The molecule has 0 saturated heterocycles. The van der Waals surface area contributed by atoms with E-state index in [1.807, 2.05) is 0 Å². The number of halogens is 1. The third-order valence-corrected chi connectivity index (χ3v) is 4.42. The maximum absolute atomic E-state index is 12.2. The molecule has 0 aliphatic carbocycles. The van der Waals surface area contributed by atoms with Crippen LogP contribution in [0.2, 0.25) is 5.02 Å². The maximum Gasteiger partial charge on any atom is 0.242 e. The number of aromatic amines is 1. The van der Waals surface area contributed by atoms with E-state index < -0.39 is 10.0 Å². The largest absolute Gasteiger partial charge is 0.384 e. The molecule has 0 atom stereocenters. The summed E-state index contributed by atoms with van der Waals surface area (Å²) in [7, 11) is -3.73. The van der Waals surface area contributed by atoms with Crippen LogP contribution in [0.1, 0.15) is 11.3 Å². The fourth-order valence-corrected chi connectivity index (χ4v) is 3.12. The zero-order chi connectivity index (χ0) is 15.3. The quantitative estimate of drug-likeness (QED) is 0.727. The zero-order valence-electron chi connectivity index (χ0n) is 10.8. The molecule has 8 heteroatoms. The molecule has 0 unspecified atom stereocenters. The van der Waals surface area contributed by atoms with Gasteiger partial charge >= 0.3 is 0 Å². The second-order valence-electron chi connectivity index (χ2n) is 4.01. The van der Waals surface area contributed by atoms with E-state index in [9.17, 15) is 8.42 Å². The number of aliphatic hydroxyl groups excluding tert-OH is 1. The van der Waals surface area contributed by atoms with E-state index in [1.165, 1.54) is 30.7 Å². The lowest BCUT2D eigenvalue weighted by molar-refractivity contribution is 0.350. The summed E-state index contributed by atoms with van der Waals surface area (Å²) in [4.78, 5) is 6.57. The molecule has 110 valence electrons. The number of nitrogens with one attached hydrogen (secondary N) is 2. The summed E-state index contributed by atoms with van der Waals surface area (Å²) < 4.78 is 26.8. The van der Waals surface area contributed by atoms with Crippen LogP contribution >= 0.6 is 11.6 Å². The van der Waals surface area contributed by atoms with Gasteiger partial charge in [0.25, 0.3) is 0 Å². The van der Waals surface area contributed by atoms with Crippen LogP contribution in [0.5, 0.6) is 0 Å². The summed E-state index contributed by atoms with van der Waals surface area (Å²) in [5.41, 5.74) is 1.17. The molecule has 6 nitrogen and oxygen atoms in total. The molecule has 2 rings (SSSR count). The van der Waals surface area contributed by atoms with Gasteiger partial charge in [-0.05, 0) is 18.2 Å². The smallest absolute Gasteiger partial charge is 0.242 e. The van der Waals surface area contributed by atoms with E-state index in [0.717, 1.165) is 0 Å². The second-order valence-corrected chi connectivity index (χ2v) is 6.15. The molecule has 1 aromatic heterocycles. The lowest BCUT2D eigenvalue weighted by Gasteiger charge is -2.07. The van der Waals surface area contributed by atoms with Crippen molar-refractivity contribution in [1.29, 1.82) is 0 Å². The molecule has 0 fully saturated rings. The molecule has 0 spiro atoms. The molecule has 21 heavy (non-hydrogen) atoms. The third kappa shape index (κ3) is 4.06. The monoisotopic (exact) mass is 325 g/mol. The van der Waals surface area contributed by atoms with Gasteiger partial charge in [-0.1, -0.05) is 23.4 Å². The number of benzene rings is 1. The minimum atomic E-state index is -3.73. The average molecular weight is 326 g/mol. The van der Waals surface area contributed by atoms with Crippen molar-refractivity contribution in [1.82, 2.24) is 14.7 Å². The van der Waals surface area contributed by atoms with Crippen LogP contribution in [0.15, 0.2) is 35.6 Å². The van der Waals surface area contributed by atoms with Crippen molar-refractivity contribution >= 4 is 21.6 Å². The number of aliphatic hydroxyl groups is 1. The Morgan fingerprint density at radius 3 is 2.86 bits per heavy atom. The number of hydrogen-bond acceptors (Lipinski definition) is 4. The fraction of sp³-hybridized carbons (Fsp3) is 0.154. The predicted molar refractivity (Wildman–Crippen MR) is 78.0 cm³/mol. The second kappa shape index (κ2) is 6.74. The first-order valence-electron chi connectivity index (χ1n) is 5.89. The molecule has 0 aliphatic heterocycles. The van der Waals surface area contributed by atoms with Crippen LogP contribution in [0, 0.1) is 11.8 Å². The number of hydrogen-bond donors (Lipinski definition) is 3. The molecule has 2 aromatic rings. The van der Waals surface area contributed by atoms with E-state index >= 15 is 0 Å². The normalized spacial score (nSPS) is 11.0. The summed E-state index contributed by atoms with van der Waals surface area (Å²) in [5.74, 6) is 5.12. The van der Waals surface area contributed by atoms with Crippen molar-refractivity contribution in [2.45, 2.75) is 11.4 Å². The van der Waals surface area contributed by atoms with Gasteiger partial charge in [-0.2, -0.15) is 0 Å². The van der Waals surface area contributed by atoms with Crippen molar-refractivity contribution in [2.24, 2.45) is 0 Å². The first-order chi connectivity index (χ1) is 10.0. The fourth-order valence-electron chi connectivity index (χ4n) is 1.57. The SMILES string of the molecule is O=S(=O)(NCc1cnc[nH]1)c1ccc(C#CCO)cc1Cl. The Hall–Kier alpha value is -1.85. The average Bonchev–Trinajstić information content (AvgIpc) is 2.96. The third-order valence-electron chi connectivity index (χ3n) is 2.54. The molecule has 3 N–H and O–H groups in total. The van der Waals surface area contributed by atoms with Crippen LogP contribution in [0.25, 0.3) is 0 Å². The molecule has 1 aromatic carbocycles. The molecule has 0 amide bonds. The molecule has 0 aliphatic rings. The number of H-pyrrole nitrogens is 1. The summed E-state index contributed by atoms with van der Waals surface area (Å²) in [5, 5.41) is 8.69. The Bertz CT molecular complexity index is 777. The van der Waals surface area contributed by atoms with E-state index in [0.29, 0.717) is 11.3 Å². The van der Waals surface area contributed by atoms with Crippen LogP contribution < -0.4 is 4.72 Å². The summed E-state index contributed by atoms with van der Waals surface area (Å²) in [6.45, 7) is -0.186. The number of aromatic nitrogens is 2. The van der Waals surface area contributed by atoms with Crippen LogP contribution in [0.4, 0.5) is 0 Å². The zero-order valence-corrected chi connectivity index (χ0v) is 12.4. The predicted octanol–water partition coefficient (Wildman–Crippen LogP) is 0.885. The molecule has 0 saturated carbocycles. The van der Waals surface area contributed by atoms with Gasteiger partial charge in [-0.25, -0.2) is 18.1 Å². The summed E-state index contributed by atoms with van der Waals surface area (Å²) in [6.07, 6.45) is 2.99. The number of imidazole rings is 1. The van der Waals surface area contributed by atoms with Gasteiger partial charge in [0.15, 0.2) is 0 Å². The first-order valence-corrected chi connectivity index (χ1v) is 7.75. The highest BCUT2D eigenvalue weighted by atomic mass is 35.5. The van der Waals surface area contributed by atoms with Gasteiger partial charge in [0.2, 0.25) is 10.0 Å². The van der Waals surface area contributed by atoms with Gasteiger partial charge < -0.3 is 10.1 Å². The van der Waals surface area contributed by atoms with Crippen LogP contribution in [-0.2, 0) is 16.6 Å². The molecular formula is C13H12ClN3O3S. The Labute approximate surface area is 127 Å². The van der Waals surface area contributed by atoms with Crippen molar-refractivity contribution in [3.8, 4) is 11.8 Å². The topological polar surface area (TPSA) is 95.1 Å². The van der Waals surface area contributed by atoms with E-state index in [4.69, 9.17) is 16.7 Å². The Balaban J connectivity index is 2.19. The highest BCUT2D eigenvalue weighted by Gasteiger charge is 2.17. The van der Waals surface area contributed by atoms with Crippen LogP contribution in [-0.4, -0.2) is 30.1 Å². The number of rotatable bonds is 4. The lowest BCUT2D eigenvalue weighted by Crippen LogP contribution is -2.23. The number of nitrogens with zero attached hydrogens (tertiary/aromatic N) is 1. The van der Waals surface area contributed by atoms with Gasteiger partial charge in [-0.15, -0.1) is 0 Å². The van der Waals surface area contributed by atoms with Crippen LogP contribution in [0.3, 0.4) is 0 Å². The Kier molecular flexibility index (Phi) is 4.98. The highest BCUT2D eigenvalue weighted by Crippen LogP contribution is 2.22. The lowest BCUT2D eigenvalue weighted by atomic mass is 10.2. The van der Waals surface area contributed by atoms with Crippen molar-refractivity contribution < 1.29 is 13.5 Å². The van der Waals surface area contributed by atoms with Crippen molar-refractivity contribution in [3.63, 3.8) is 0 Å². The molecule has 0 bridgehead atoms. The van der Waals surface area contributed by atoms with E-state index in [1.54, 1.807) is 0 Å². The number of sulfonamides is 1. The highest BCUT2D eigenvalue weighted by molar-refractivity contribution is 7.89. The standard InChI is InChI=1S/C13H12ClN3O3S/c14-12-6-10(2-1-5-18)3-4-13(12)21(19,20)17-8-11-7-15-9-16-11/h3-4,6-7,9,17-18H,5,8H2,(H,15,16). The maximum atomic E-state index is 12.2. The molecular weight excluding hydrogens is 314 g/mol. The molecule has 0 radical (unpaired) electrons. The van der Waals surface area contributed by atoms with E-state index in [-0.39, 0.29) is 23.1 Å². The summed E-state index contributed by atoms with van der Waals surface area (Å²) in [6, 6.07) is 4.34. The summed E-state index contributed by atoms with van der Waals surface area (Å²) >= 11 is 5.98. The minimum Gasteiger partial charge on any atom is -0.384 e. The van der Waals surface area contributed by atoms with Gasteiger partial charge in [0.1, 0.15) is 11.5 Å². The van der Waals surface area contributed by atoms with E-state index in [2.05, 4.69) is 26.5 Å². The van der Waals surface area contributed by atoms with Gasteiger partial charge in [0, 0.05) is 17.5 Å². The Morgan fingerprint density at radius 1 is 1.43 bits per heavy atom. The minimum absolute atomic E-state index is 0.0294. The first kappa shape index (κ1) is 15.5. The molecule has 1 heterocycles. The van der Waals surface area contributed by atoms with Gasteiger partial charge in [-0.3, -0.25) is 0 Å². The van der Waals surface area contributed by atoms with Gasteiger partial charge in [0.05, 0.1) is 17.9 Å². The Morgan fingerprint density at radius 2 is 2.24 bits per heavy atom. The van der Waals surface area contributed by atoms with Crippen molar-refractivity contribution in [3.05, 3.63) is 47.0 Å². The van der Waals surface area contributed by atoms with Crippen molar-refractivity contribution in [2.75, 3.05) is 6.61 Å².